The summed E-state index contributed by atoms with van der Waals surface area (Å²) < 4.78 is 5.74. The first-order chi connectivity index (χ1) is 9.54. The molecule has 1 unspecified atom stereocenters. The van der Waals surface area contributed by atoms with Crippen molar-refractivity contribution in [1.29, 1.82) is 0 Å². The van der Waals surface area contributed by atoms with Crippen molar-refractivity contribution in [3.8, 4) is 11.5 Å². The van der Waals surface area contributed by atoms with Gasteiger partial charge in [-0.25, -0.2) is 0 Å². The number of nitrogens with two attached hydrogens (primary N) is 1. The van der Waals surface area contributed by atoms with Crippen molar-refractivity contribution < 1.29 is 9.53 Å². The first-order valence-electron chi connectivity index (χ1n) is 6.19. The predicted molar refractivity (Wildman–Crippen MR) is 78.3 cm³/mol. The number of nitrogens with one attached hydrogen (secondary N) is 1. The van der Waals surface area contributed by atoms with Crippen molar-refractivity contribution in [3.05, 3.63) is 52.5 Å². The lowest BCUT2D eigenvalue weighted by Crippen LogP contribution is -2.19. The quantitative estimate of drug-likeness (QED) is 0.890. The van der Waals surface area contributed by atoms with Crippen LogP contribution in [0, 0.1) is 6.92 Å². The molecular formula is C15H13ClN2O2. The molecule has 2 aromatic carbocycles. The second-order valence-corrected chi connectivity index (χ2v) is 5.16. The molecule has 0 fully saturated rings. The molecule has 0 aromatic heterocycles. The first kappa shape index (κ1) is 13.0. The molecule has 5 heteroatoms. The van der Waals surface area contributed by atoms with Crippen LogP contribution in [0.1, 0.15) is 17.2 Å². The third-order valence-electron chi connectivity index (χ3n) is 3.23. The summed E-state index contributed by atoms with van der Waals surface area (Å²) in [6.07, 6.45) is 0. The molecule has 1 amide bonds. The van der Waals surface area contributed by atoms with Gasteiger partial charge in [0.25, 0.3) is 0 Å². The van der Waals surface area contributed by atoms with E-state index in [1.165, 1.54) is 0 Å². The molecule has 1 atom stereocenters. The number of amides is 1. The fraction of sp³-hybridized carbons (Fsp3) is 0.133. The molecule has 1 heterocycles. The van der Waals surface area contributed by atoms with Gasteiger partial charge in [-0.05, 0) is 25.1 Å². The normalized spacial score (nSPS) is 16.8. The van der Waals surface area contributed by atoms with Gasteiger partial charge in [-0.1, -0.05) is 29.3 Å². The molecular weight excluding hydrogens is 276 g/mol. The highest BCUT2D eigenvalue weighted by atomic mass is 35.5. The Morgan fingerprint density at radius 3 is 2.65 bits per heavy atom. The summed E-state index contributed by atoms with van der Waals surface area (Å²) in [4.78, 5) is 11.5. The number of carbonyl (C=O) groups excluding carboxylic acids is 1. The van der Waals surface area contributed by atoms with E-state index in [9.17, 15) is 4.79 Å². The molecule has 3 N–H and O–H groups in total. The van der Waals surface area contributed by atoms with Gasteiger partial charge in [-0.15, -0.1) is 0 Å². The summed E-state index contributed by atoms with van der Waals surface area (Å²) in [6, 6.07) is 10.3. The highest BCUT2D eigenvalue weighted by Crippen LogP contribution is 2.39. The number of fused-ring (bicyclic) bond motifs is 1. The largest absolute Gasteiger partial charge is 0.456 e. The van der Waals surface area contributed by atoms with E-state index in [1.54, 1.807) is 12.1 Å². The Labute approximate surface area is 121 Å². The average Bonchev–Trinajstić information content (AvgIpc) is 2.69. The maximum Gasteiger partial charge on any atom is 0.245 e. The van der Waals surface area contributed by atoms with Crippen molar-refractivity contribution >= 4 is 23.2 Å². The van der Waals surface area contributed by atoms with Gasteiger partial charge in [0.05, 0.1) is 5.02 Å². The Morgan fingerprint density at radius 1 is 1.25 bits per heavy atom. The summed E-state index contributed by atoms with van der Waals surface area (Å²) in [5.74, 6) is 0.943. The second-order valence-electron chi connectivity index (χ2n) is 4.75. The SMILES string of the molecule is Cc1ccc(Oc2cc3c(cc2Cl)C(N)C(=O)N3)cc1. The lowest BCUT2D eigenvalue weighted by Gasteiger charge is -2.10. The van der Waals surface area contributed by atoms with Crippen LogP contribution < -0.4 is 15.8 Å². The molecule has 3 rings (SSSR count). The van der Waals surface area contributed by atoms with Gasteiger partial charge in [0, 0.05) is 17.3 Å². The maximum absolute atomic E-state index is 11.5. The van der Waals surface area contributed by atoms with E-state index < -0.39 is 6.04 Å². The highest BCUT2D eigenvalue weighted by Gasteiger charge is 2.28. The zero-order chi connectivity index (χ0) is 14.3. The third-order valence-corrected chi connectivity index (χ3v) is 3.52. The van der Waals surface area contributed by atoms with Gasteiger partial charge < -0.3 is 15.8 Å². The lowest BCUT2D eigenvalue weighted by molar-refractivity contribution is -0.116. The topological polar surface area (TPSA) is 64.3 Å². The van der Waals surface area contributed by atoms with E-state index in [0.29, 0.717) is 27.8 Å². The summed E-state index contributed by atoms with van der Waals surface area (Å²) in [5, 5.41) is 3.13. The van der Waals surface area contributed by atoms with Crippen molar-refractivity contribution in [1.82, 2.24) is 0 Å². The van der Waals surface area contributed by atoms with Crippen molar-refractivity contribution in [3.63, 3.8) is 0 Å². The predicted octanol–water partition coefficient (Wildman–Crippen LogP) is 3.39. The number of hydrogen-bond acceptors (Lipinski definition) is 3. The average molecular weight is 289 g/mol. The minimum atomic E-state index is -0.670. The van der Waals surface area contributed by atoms with E-state index in [0.717, 1.165) is 5.56 Å². The van der Waals surface area contributed by atoms with Crippen molar-refractivity contribution in [2.24, 2.45) is 5.73 Å². The van der Waals surface area contributed by atoms with Crippen molar-refractivity contribution in [2.45, 2.75) is 13.0 Å². The van der Waals surface area contributed by atoms with E-state index in [2.05, 4.69) is 5.32 Å². The van der Waals surface area contributed by atoms with Crippen LogP contribution in [-0.4, -0.2) is 5.91 Å². The second kappa shape index (κ2) is 4.81. The van der Waals surface area contributed by atoms with Crippen LogP contribution in [0.25, 0.3) is 0 Å². The fourth-order valence-corrected chi connectivity index (χ4v) is 2.31. The number of rotatable bonds is 2. The Balaban J connectivity index is 1.94. The number of carbonyl (C=O) groups is 1. The standard InChI is InChI=1S/C15H13ClN2O2/c1-8-2-4-9(5-3-8)20-13-7-12-10(6-11(13)16)14(17)15(19)18-12/h2-7,14H,17H2,1H3,(H,18,19). The molecule has 4 nitrogen and oxygen atoms in total. The van der Waals surface area contributed by atoms with Crippen molar-refractivity contribution in [2.75, 3.05) is 5.32 Å². The van der Waals surface area contributed by atoms with Crippen LogP contribution in [-0.2, 0) is 4.79 Å². The van der Waals surface area contributed by atoms with E-state index >= 15 is 0 Å². The lowest BCUT2D eigenvalue weighted by atomic mass is 10.1. The first-order valence-corrected chi connectivity index (χ1v) is 6.57. The van der Waals surface area contributed by atoms with Crippen LogP contribution in [0.15, 0.2) is 36.4 Å². The summed E-state index contributed by atoms with van der Waals surface area (Å²) in [6.45, 7) is 2.00. The Bertz CT molecular complexity index is 683. The summed E-state index contributed by atoms with van der Waals surface area (Å²) >= 11 is 6.18. The monoisotopic (exact) mass is 288 g/mol. The number of ether oxygens (including phenoxy) is 1. The molecule has 102 valence electrons. The molecule has 0 saturated carbocycles. The Hall–Kier alpha value is -2.04. The van der Waals surface area contributed by atoms with Crippen LogP contribution in [0.4, 0.5) is 5.69 Å². The Morgan fingerprint density at radius 2 is 1.95 bits per heavy atom. The molecule has 0 radical (unpaired) electrons. The maximum atomic E-state index is 11.5. The zero-order valence-corrected chi connectivity index (χ0v) is 11.6. The molecule has 0 aliphatic carbocycles. The summed E-state index contributed by atoms with van der Waals surface area (Å²) in [7, 11) is 0. The number of benzene rings is 2. The molecule has 1 aliphatic heterocycles. The zero-order valence-electron chi connectivity index (χ0n) is 10.8. The molecule has 20 heavy (non-hydrogen) atoms. The van der Waals surface area contributed by atoms with Gasteiger partial charge in [-0.3, -0.25) is 4.79 Å². The third kappa shape index (κ3) is 2.24. The minimum Gasteiger partial charge on any atom is -0.456 e. The van der Waals surface area contributed by atoms with Gasteiger partial charge in [0.15, 0.2) is 0 Å². The van der Waals surface area contributed by atoms with Gasteiger partial charge >= 0.3 is 0 Å². The number of hydrogen-bond donors (Lipinski definition) is 2. The van der Waals surface area contributed by atoms with E-state index in [-0.39, 0.29) is 5.91 Å². The van der Waals surface area contributed by atoms with Crippen LogP contribution in [0.5, 0.6) is 11.5 Å². The van der Waals surface area contributed by atoms with Gasteiger partial charge in [0.2, 0.25) is 5.91 Å². The van der Waals surface area contributed by atoms with Crippen LogP contribution in [0.2, 0.25) is 5.02 Å². The van der Waals surface area contributed by atoms with Crippen LogP contribution >= 0.6 is 11.6 Å². The molecule has 0 saturated heterocycles. The molecule has 0 spiro atoms. The fourth-order valence-electron chi connectivity index (χ4n) is 2.10. The van der Waals surface area contributed by atoms with E-state index in [4.69, 9.17) is 22.1 Å². The van der Waals surface area contributed by atoms with Gasteiger partial charge in [-0.2, -0.15) is 0 Å². The smallest absolute Gasteiger partial charge is 0.245 e. The number of anilines is 1. The Kier molecular flexibility index (Phi) is 3.12. The molecule has 2 aromatic rings. The number of halogens is 1. The van der Waals surface area contributed by atoms with E-state index in [1.807, 2.05) is 31.2 Å². The molecule has 1 aliphatic rings. The minimum absolute atomic E-state index is 0.233. The van der Waals surface area contributed by atoms with Gasteiger partial charge in [0.1, 0.15) is 17.5 Å². The van der Waals surface area contributed by atoms with Crippen LogP contribution in [0.3, 0.4) is 0 Å². The highest BCUT2D eigenvalue weighted by molar-refractivity contribution is 6.32. The molecule has 0 bridgehead atoms. The number of aryl methyl sites for hydroxylation is 1. The summed E-state index contributed by atoms with van der Waals surface area (Å²) in [5.41, 5.74) is 8.25.